The molecule has 3 amide bonds. The third-order valence-electron chi connectivity index (χ3n) is 4.91. The first-order chi connectivity index (χ1) is 16.4. The Bertz CT molecular complexity index is 864. The summed E-state index contributed by atoms with van der Waals surface area (Å²) in [5, 5.41) is 25.8. The zero-order chi connectivity index (χ0) is 26.5. The zero-order valence-corrected chi connectivity index (χ0v) is 20.8. The van der Waals surface area contributed by atoms with Gasteiger partial charge in [-0.25, -0.2) is 9.78 Å². The highest BCUT2D eigenvalue weighted by Gasteiger charge is 2.31. The summed E-state index contributed by atoms with van der Waals surface area (Å²) in [6.07, 6.45) is 4.39. The summed E-state index contributed by atoms with van der Waals surface area (Å²) in [4.78, 5) is 67.6. The number of rotatable bonds is 16. The normalized spacial score (nSPS) is 14.4. The molecule has 0 radical (unpaired) electrons. The lowest BCUT2D eigenvalue weighted by Crippen LogP contribution is -2.57. The molecule has 1 rings (SSSR count). The van der Waals surface area contributed by atoms with Gasteiger partial charge in [-0.1, -0.05) is 13.8 Å². The number of aromatic nitrogens is 2. The minimum atomic E-state index is -1.50. The Morgan fingerprint density at radius 3 is 2.14 bits per heavy atom. The molecule has 0 aromatic carbocycles. The van der Waals surface area contributed by atoms with Gasteiger partial charge in [-0.2, -0.15) is 11.8 Å². The van der Waals surface area contributed by atoms with Crippen LogP contribution in [0.5, 0.6) is 0 Å². The number of amides is 3. The molecule has 1 aromatic heterocycles. The number of carboxylic acids is 2. The Balaban J connectivity index is 2.93. The number of imidazole rings is 1. The van der Waals surface area contributed by atoms with Gasteiger partial charge in [0.25, 0.3) is 0 Å². The molecule has 35 heavy (non-hydrogen) atoms. The van der Waals surface area contributed by atoms with Crippen molar-refractivity contribution in [3.63, 3.8) is 0 Å². The van der Waals surface area contributed by atoms with E-state index in [0.29, 0.717) is 11.4 Å². The lowest BCUT2D eigenvalue weighted by Gasteiger charge is -2.25. The smallest absolute Gasteiger partial charge is 0.326 e. The van der Waals surface area contributed by atoms with Gasteiger partial charge in [0.2, 0.25) is 17.7 Å². The highest BCUT2D eigenvalue weighted by molar-refractivity contribution is 7.98. The lowest BCUT2D eigenvalue weighted by molar-refractivity contribution is -0.143. The predicted molar refractivity (Wildman–Crippen MR) is 128 cm³/mol. The maximum Gasteiger partial charge on any atom is 0.326 e. The van der Waals surface area contributed by atoms with Gasteiger partial charge in [-0.3, -0.25) is 19.2 Å². The van der Waals surface area contributed by atoms with Crippen molar-refractivity contribution in [2.24, 2.45) is 11.7 Å². The maximum atomic E-state index is 12.9. The molecule has 0 bridgehead atoms. The molecule has 1 aromatic rings. The van der Waals surface area contributed by atoms with E-state index in [4.69, 9.17) is 5.73 Å². The van der Waals surface area contributed by atoms with Crippen LogP contribution in [0.4, 0.5) is 0 Å². The number of hydrogen-bond acceptors (Lipinski definition) is 8. The van der Waals surface area contributed by atoms with Gasteiger partial charge < -0.3 is 36.9 Å². The number of nitrogens with two attached hydrogens (primary N) is 1. The molecular weight excluding hydrogens is 480 g/mol. The number of nitrogens with one attached hydrogen (secondary N) is 4. The number of carboxylic acid groups (broad SMARTS) is 2. The topological polar surface area (TPSA) is 217 Å². The average Bonchev–Trinajstić information content (AvgIpc) is 3.27. The summed E-state index contributed by atoms with van der Waals surface area (Å²) in [5.41, 5.74) is 6.44. The number of H-pyrrole nitrogens is 1. The lowest BCUT2D eigenvalue weighted by atomic mass is 10.0. The van der Waals surface area contributed by atoms with E-state index in [-0.39, 0.29) is 25.2 Å². The Morgan fingerprint density at radius 1 is 1.03 bits per heavy atom. The first-order valence-electron chi connectivity index (χ1n) is 11.0. The molecule has 0 saturated carbocycles. The number of aliphatic carboxylic acids is 2. The second-order valence-electron chi connectivity index (χ2n) is 8.42. The van der Waals surface area contributed by atoms with Crippen molar-refractivity contribution in [2.75, 3.05) is 12.0 Å². The number of hydrogen-bond donors (Lipinski definition) is 7. The second-order valence-corrected chi connectivity index (χ2v) is 9.40. The second kappa shape index (κ2) is 15.0. The average molecular weight is 515 g/mol. The van der Waals surface area contributed by atoms with Gasteiger partial charge in [0, 0.05) is 18.3 Å². The van der Waals surface area contributed by atoms with Crippen LogP contribution in [0.15, 0.2) is 12.5 Å². The van der Waals surface area contributed by atoms with Crippen molar-refractivity contribution in [1.82, 2.24) is 25.9 Å². The monoisotopic (exact) mass is 514 g/mol. The highest BCUT2D eigenvalue weighted by Crippen LogP contribution is 2.08. The molecule has 0 aliphatic heterocycles. The van der Waals surface area contributed by atoms with E-state index in [1.165, 1.54) is 24.3 Å². The Hall–Kier alpha value is -3.13. The number of thioether (sulfide) groups is 1. The van der Waals surface area contributed by atoms with Crippen molar-refractivity contribution >= 4 is 41.4 Å². The summed E-state index contributed by atoms with van der Waals surface area (Å²) >= 11 is 1.41. The third kappa shape index (κ3) is 11.2. The van der Waals surface area contributed by atoms with Crippen molar-refractivity contribution in [2.45, 2.75) is 63.7 Å². The molecule has 13 nitrogen and oxygen atoms in total. The van der Waals surface area contributed by atoms with Crippen molar-refractivity contribution < 1.29 is 34.2 Å². The van der Waals surface area contributed by atoms with E-state index in [0.717, 1.165) is 0 Å². The Kier molecular flexibility index (Phi) is 12.8. The van der Waals surface area contributed by atoms with Crippen LogP contribution in [0.25, 0.3) is 0 Å². The molecule has 0 fully saturated rings. The van der Waals surface area contributed by atoms with E-state index in [9.17, 15) is 34.2 Å². The standard InChI is InChI=1S/C21H34N6O7S/c1-11(2)6-16(21(33)34)27-19(31)14(4-5-35-3)25-20(32)15(8-17(28)29)26-18(30)13(22)7-12-9-23-10-24-12/h9-11,13-16H,4-8,22H2,1-3H3,(H,23,24)(H,25,32)(H,26,30)(H,27,31)(H,28,29)(H,33,34). The SMILES string of the molecule is CSCCC(NC(=O)C(CC(=O)O)NC(=O)C(N)Cc1cnc[nH]1)C(=O)NC(CC(C)C)C(=O)O. The molecular formula is C21H34N6O7S. The summed E-state index contributed by atoms with van der Waals surface area (Å²) in [6.45, 7) is 3.62. The zero-order valence-electron chi connectivity index (χ0n) is 19.9. The summed E-state index contributed by atoms with van der Waals surface area (Å²) < 4.78 is 0. The third-order valence-corrected chi connectivity index (χ3v) is 5.55. The van der Waals surface area contributed by atoms with E-state index in [1.54, 1.807) is 6.26 Å². The quantitative estimate of drug-likeness (QED) is 0.144. The molecule has 0 aliphatic rings. The van der Waals surface area contributed by atoms with Crippen LogP contribution < -0.4 is 21.7 Å². The Labute approximate surface area is 207 Å². The molecule has 1 heterocycles. The van der Waals surface area contributed by atoms with Crippen LogP contribution in [0.1, 0.15) is 38.8 Å². The van der Waals surface area contributed by atoms with Crippen molar-refractivity contribution in [3.8, 4) is 0 Å². The maximum absolute atomic E-state index is 12.9. The van der Waals surface area contributed by atoms with E-state index < -0.39 is 60.2 Å². The van der Waals surface area contributed by atoms with Gasteiger partial charge in [0.1, 0.15) is 18.1 Å². The van der Waals surface area contributed by atoms with Crippen molar-refractivity contribution in [1.29, 1.82) is 0 Å². The van der Waals surface area contributed by atoms with Gasteiger partial charge in [0.05, 0.1) is 18.8 Å². The number of carbonyl (C=O) groups is 5. The predicted octanol–water partition coefficient (Wildman–Crippen LogP) is -0.908. The van der Waals surface area contributed by atoms with Gasteiger partial charge in [0.15, 0.2) is 0 Å². The summed E-state index contributed by atoms with van der Waals surface area (Å²) in [6, 6.07) is -4.85. The molecule has 0 spiro atoms. The number of aromatic amines is 1. The molecule has 0 aliphatic carbocycles. The molecule has 14 heteroatoms. The van der Waals surface area contributed by atoms with E-state index in [2.05, 4.69) is 25.9 Å². The van der Waals surface area contributed by atoms with Gasteiger partial charge in [-0.05, 0) is 30.8 Å². The highest BCUT2D eigenvalue weighted by atomic mass is 32.2. The van der Waals surface area contributed by atoms with E-state index >= 15 is 0 Å². The minimum Gasteiger partial charge on any atom is -0.481 e. The van der Waals surface area contributed by atoms with Crippen molar-refractivity contribution in [3.05, 3.63) is 18.2 Å². The minimum absolute atomic E-state index is 0.00300. The molecule has 4 unspecified atom stereocenters. The fourth-order valence-corrected chi connectivity index (χ4v) is 3.60. The van der Waals surface area contributed by atoms with Crippen LogP contribution in [0.3, 0.4) is 0 Å². The van der Waals surface area contributed by atoms with Crippen LogP contribution in [0, 0.1) is 5.92 Å². The number of carbonyl (C=O) groups excluding carboxylic acids is 3. The van der Waals surface area contributed by atoms with E-state index in [1.807, 2.05) is 13.8 Å². The van der Waals surface area contributed by atoms with Crippen LogP contribution in [-0.2, 0) is 30.4 Å². The molecule has 4 atom stereocenters. The first-order valence-corrected chi connectivity index (χ1v) is 12.4. The first kappa shape index (κ1) is 29.9. The van der Waals surface area contributed by atoms with Gasteiger partial charge >= 0.3 is 11.9 Å². The van der Waals surface area contributed by atoms with Gasteiger partial charge in [-0.15, -0.1) is 0 Å². The fraction of sp³-hybridized carbons (Fsp3) is 0.619. The summed E-state index contributed by atoms with van der Waals surface area (Å²) in [5.74, 6) is -4.45. The largest absolute Gasteiger partial charge is 0.481 e. The molecule has 196 valence electrons. The van der Waals surface area contributed by atoms with Crippen LogP contribution >= 0.6 is 11.8 Å². The molecule has 0 saturated heterocycles. The molecule has 8 N–H and O–H groups in total. The fourth-order valence-electron chi connectivity index (χ4n) is 3.13. The van der Waals surface area contributed by atoms with Crippen LogP contribution in [0.2, 0.25) is 0 Å². The summed E-state index contributed by atoms with van der Waals surface area (Å²) in [7, 11) is 0. The van der Waals surface area contributed by atoms with Crippen LogP contribution in [-0.4, -0.2) is 86.0 Å². The Morgan fingerprint density at radius 2 is 1.63 bits per heavy atom. The number of nitrogens with zero attached hydrogens (tertiary/aromatic N) is 1.